The van der Waals surface area contributed by atoms with E-state index in [1.807, 2.05) is 0 Å². The lowest BCUT2D eigenvalue weighted by atomic mass is 9.45. The molecule has 0 heterocycles. The van der Waals surface area contributed by atoms with Crippen LogP contribution in [0.15, 0.2) is 23.3 Å². The summed E-state index contributed by atoms with van der Waals surface area (Å²) in [5.74, 6) is 1.73. The summed E-state index contributed by atoms with van der Waals surface area (Å²) < 4.78 is 0. The predicted octanol–water partition coefficient (Wildman–Crippen LogP) is 4.72. The number of hydrogen-bond donors (Lipinski definition) is 1. The van der Waals surface area contributed by atoms with Gasteiger partial charge in [0.15, 0.2) is 5.78 Å². The lowest BCUT2D eigenvalue weighted by molar-refractivity contribution is -0.125. The lowest BCUT2D eigenvalue weighted by Gasteiger charge is -2.58. The van der Waals surface area contributed by atoms with Crippen molar-refractivity contribution in [2.75, 3.05) is 0 Å². The second kappa shape index (κ2) is 5.57. The highest BCUT2D eigenvalue weighted by molar-refractivity contribution is 6.07. The molecule has 3 fully saturated rings. The summed E-state index contributed by atoms with van der Waals surface area (Å²) in [6.45, 7) is 4.61. The van der Waals surface area contributed by atoms with Gasteiger partial charge in [-0.15, -0.1) is 0 Å². The monoisotopic (exact) mass is 365 g/mol. The molecule has 0 aliphatic heterocycles. The molecule has 0 radical (unpaired) electrons. The molecule has 6 atom stereocenters. The van der Waals surface area contributed by atoms with Crippen molar-refractivity contribution >= 4 is 5.78 Å². The van der Waals surface area contributed by atoms with Gasteiger partial charge in [0.25, 0.3) is 0 Å². The van der Waals surface area contributed by atoms with Gasteiger partial charge in [-0.3, -0.25) is 4.79 Å². The molecule has 0 aromatic rings. The first-order chi connectivity index (χ1) is 12.9. The Hall–Kier alpha value is -1.40. The van der Waals surface area contributed by atoms with Crippen LogP contribution in [0.3, 0.4) is 0 Å². The average Bonchev–Trinajstić information content (AvgIpc) is 3.25. The number of carbonyl (C=O) groups is 1. The molecule has 0 aromatic heterocycles. The van der Waals surface area contributed by atoms with Crippen molar-refractivity contribution in [2.45, 2.75) is 77.7 Å². The number of nitrogens with zero attached hydrogens (tertiary/aromatic N) is 1. The topological polar surface area (TPSA) is 61.1 Å². The van der Waals surface area contributed by atoms with Crippen molar-refractivity contribution in [1.29, 1.82) is 5.26 Å². The molecule has 5 rings (SSSR count). The number of allylic oxidation sites excluding steroid dienone is 4. The van der Waals surface area contributed by atoms with E-state index in [0.29, 0.717) is 23.3 Å². The number of aliphatic hydroxyl groups is 1. The predicted molar refractivity (Wildman–Crippen MR) is 103 cm³/mol. The highest BCUT2D eigenvalue weighted by Crippen LogP contribution is 2.67. The molecule has 5 aliphatic rings. The summed E-state index contributed by atoms with van der Waals surface area (Å²) in [7, 11) is 0. The number of hydrogen-bond acceptors (Lipinski definition) is 3. The van der Waals surface area contributed by atoms with Gasteiger partial charge >= 0.3 is 0 Å². The number of ketones is 1. The maximum Gasteiger partial charge on any atom is 0.183 e. The highest BCUT2D eigenvalue weighted by Gasteiger charge is 2.62. The Morgan fingerprint density at radius 1 is 1.11 bits per heavy atom. The fourth-order valence-corrected chi connectivity index (χ4v) is 8.21. The Kier molecular flexibility index (Phi) is 3.65. The third-order valence-corrected chi connectivity index (χ3v) is 9.55. The average molecular weight is 366 g/mol. The summed E-state index contributed by atoms with van der Waals surface area (Å²) in [5, 5.41) is 20.4. The van der Waals surface area contributed by atoms with Crippen molar-refractivity contribution < 1.29 is 9.90 Å². The molecule has 3 nitrogen and oxygen atoms in total. The first kappa shape index (κ1) is 17.7. The van der Waals surface area contributed by atoms with Gasteiger partial charge in [0.1, 0.15) is 6.07 Å². The minimum absolute atomic E-state index is 0.0557. The molecule has 0 bridgehead atoms. The Morgan fingerprint density at radius 3 is 2.56 bits per heavy atom. The summed E-state index contributed by atoms with van der Waals surface area (Å²) in [5.41, 5.74) is 1.26. The first-order valence-corrected chi connectivity index (χ1v) is 10.9. The van der Waals surface area contributed by atoms with Crippen LogP contribution in [0.25, 0.3) is 0 Å². The zero-order chi connectivity index (χ0) is 19.0. The molecule has 144 valence electrons. The van der Waals surface area contributed by atoms with E-state index in [-0.39, 0.29) is 22.7 Å². The van der Waals surface area contributed by atoms with Gasteiger partial charge in [0, 0.05) is 5.41 Å². The zero-order valence-electron chi connectivity index (χ0n) is 16.6. The van der Waals surface area contributed by atoms with E-state index in [0.717, 1.165) is 57.8 Å². The molecule has 3 heteroatoms. The molecule has 0 saturated heterocycles. The van der Waals surface area contributed by atoms with Gasteiger partial charge in [-0.2, -0.15) is 5.26 Å². The fraction of sp³-hybridized carbons (Fsp3) is 0.750. The summed E-state index contributed by atoms with van der Waals surface area (Å²) in [6, 6.07) is 2.26. The van der Waals surface area contributed by atoms with E-state index in [1.54, 1.807) is 0 Å². The number of fused-ring (bicyclic) bond motifs is 6. The zero-order valence-corrected chi connectivity index (χ0v) is 16.6. The second-order valence-electron chi connectivity index (χ2n) is 10.4. The van der Waals surface area contributed by atoms with Crippen molar-refractivity contribution in [3.05, 3.63) is 23.3 Å². The summed E-state index contributed by atoms with van der Waals surface area (Å²) in [6.07, 6.45) is 13.6. The van der Waals surface area contributed by atoms with Crippen LogP contribution < -0.4 is 0 Å². The Bertz CT molecular complexity index is 796. The van der Waals surface area contributed by atoms with Crippen molar-refractivity contribution in [3.8, 4) is 6.07 Å². The van der Waals surface area contributed by atoms with Crippen LogP contribution in [0.1, 0.15) is 71.6 Å². The van der Waals surface area contributed by atoms with Gasteiger partial charge in [0.05, 0.1) is 17.1 Å². The molecular formula is C24H31NO2. The van der Waals surface area contributed by atoms with Gasteiger partial charge in [0.2, 0.25) is 0 Å². The largest absolute Gasteiger partial charge is 0.393 e. The van der Waals surface area contributed by atoms with E-state index in [1.165, 1.54) is 5.57 Å². The normalized spacial score (nSPS) is 47.6. The smallest absolute Gasteiger partial charge is 0.183 e. The van der Waals surface area contributed by atoms with Gasteiger partial charge in [-0.25, -0.2) is 0 Å². The molecule has 5 aliphatic carbocycles. The number of aliphatic hydroxyl groups excluding tert-OH is 1. The minimum atomic E-state index is -0.393. The SMILES string of the molecule is CC12C=C(C#N)C(=O)C3(CCCC3)C1=CCC1[C@@H]2CCC2(C)[C@@H](O)CC[C@@H]12. The third-order valence-electron chi connectivity index (χ3n) is 9.55. The van der Waals surface area contributed by atoms with Crippen molar-refractivity contribution in [1.82, 2.24) is 0 Å². The maximum absolute atomic E-state index is 13.2. The van der Waals surface area contributed by atoms with Crippen LogP contribution >= 0.6 is 0 Å². The molecule has 0 aromatic carbocycles. The van der Waals surface area contributed by atoms with E-state index in [9.17, 15) is 15.2 Å². The Labute approximate surface area is 162 Å². The van der Waals surface area contributed by atoms with E-state index in [4.69, 9.17) is 0 Å². The fourth-order valence-electron chi connectivity index (χ4n) is 8.21. The van der Waals surface area contributed by atoms with Crippen LogP contribution in [0.4, 0.5) is 0 Å². The Balaban J connectivity index is 1.63. The molecule has 27 heavy (non-hydrogen) atoms. The van der Waals surface area contributed by atoms with Gasteiger partial charge in [-0.1, -0.05) is 44.4 Å². The van der Waals surface area contributed by atoms with Crippen LogP contribution in [-0.4, -0.2) is 17.0 Å². The molecule has 3 unspecified atom stereocenters. The number of nitriles is 1. The Morgan fingerprint density at radius 2 is 1.85 bits per heavy atom. The van der Waals surface area contributed by atoms with Crippen LogP contribution in [0, 0.1) is 45.3 Å². The number of carbonyl (C=O) groups excluding carboxylic acids is 1. The molecule has 1 N–H and O–H groups in total. The minimum Gasteiger partial charge on any atom is -0.393 e. The third kappa shape index (κ3) is 2.03. The number of rotatable bonds is 0. The second-order valence-corrected chi connectivity index (χ2v) is 10.4. The quantitative estimate of drug-likeness (QED) is 0.632. The highest BCUT2D eigenvalue weighted by atomic mass is 16.3. The van der Waals surface area contributed by atoms with Crippen LogP contribution in [0.2, 0.25) is 0 Å². The van der Waals surface area contributed by atoms with E-state index in [2.05, 4.69) is 32.1 Å². The molecule has 1 spiro atoms. The van der Waals surface area contributed by atoms with Crippen LogP contribution in [-0.2, 0) is 4.79 Å². The lowest BCUT2D eigenvalue weighted by Crippen LogP contribution is -2.53. The van der Waals surface area contributed by atoms with Crippen molar-refractivity contribution in [3.63, 3.8) is 0 Å². The molecular weight excluding hydrogens is 334 g/mol. The standard InChI is InChI=1S/C24H31NO2/c1-22-12-9-18-16(17(22)6-8-20(22)26)5-7-19-23(18,2)13-15(14-25)21(27)24(19)10-3-4-11-24/h7,13,16-18,20,26H,3-6,8-12H2,1-2H3/t16?,17-,18-,20-,22?,23?/m0/s1. The number of Topliss-reactive ketones (excluding diaryl/α,β-unsaturated/α-hetero) is 1. The van der Waals surface area contributed by atoms with Gasteiger partial charge in [-0.05, 0) is 68.1 Å². The van der Waals surface area contributed by atoms with Gasteiger partial charge < -0.3 is 5.11 Å². The van der Waals surface area contributed by atoms with E-state index < -0.39 is 5.41 Å². The summed E-state index contributed by atoms with van der Waals surface area (Å²) in [4.78, 5) is 13.2. The van der Waals surface area contributed by atoms with Crippen LogP contribution in [0.5, 0.6) is 0 Å². The summed E-state index contributed by atoms with van der Waals surface area (Å²) >= 11 is 0. The van der Waals surface area contributed by atoms with Crippen molar-refractivity contribution in [2.24, 2.45) is 34.0 Å². The molecule has 3 saturated carbocycles. The maximum atomic E-state index is 13.2. The van der Waals surface area contributed by atoms with E-state index >= 15 is 0 Å². The first-order valence-electron chi connectivity index (χ1n) is 10.9. The molecule has 0 amide bonds.